The molecular formula is C14H23N3O2. The third-order valence-corrected chi connectivity index (χ3v) is 4.85. The average molecular weight is 265 g/mol. The van der Waals surface area contributed by atoms with Crippen LogP contribution in [0.25, 0.3) is 0 Å². The van der Waals surface area contributed by atoms with Crippen LogP contribution in [0.15, 0.2) is 0 Å². The second-order valence-electron chi connectivity index (χ2n) is 6.00. The van der Waals surface area contributed by atoms with E-state index in [1.807, 2.05) is 0 Å². The second kappa shape index (κ2) is 5.49. The van der Waals surface area contributed by atoms with Crippen LogP contribution in [-0.4, -0.2) is 54.0 Å². The van der Waals surface area contributed by atoms with Crippen LogP contribution >= 0.6 is 0 Å². The molecule has 0 radical (unpaired) electrons. The van der Waals surface area contributed by atoms with Gasteiger partial charge in [-0.1, -0.05) is 12.8 Å². The number of nitrogens with zero attached hydrogens (tertiary/aromatic N) is 2. The molecular weight excluding hydrogens is 242 g/mol. The lowest BCUT2D eigenvalue weighted by Crippen LogP contribution is -2.51. The van der Waals surface area contributed by atoms with Crippen molar-refractivity contribution in [3.8, 4) is 0 Å². The van der Waals surface area contributed by atoms with Crippen LogP contribution in [0.2, 0.25) is 0 Å². The summed E-state index contributed by atoms with van der Waals surface area (Å²) in [6.07, 6.45) is 7.69. The highest BCUT2D eigenvalue weighted by Crippen LogP contribution is 2.35. The molecule has 2 atom stereocenters. The molecule has 3 fully saturated rings. The summed E-state index contributed by atoms with van der Waals surface area (Å²) in [6.45, 7) is 2.56. The van der Waals surface area contributed by atoms with Gasteiger partial charge in [-0.2, -0.15) is 0 Å². The Morgan fingerprint density at radius 2 is 1.95 bits per heavy atom. The van der Waals surface area contributed by atoms with Gasteiger partial charge in [0.15, 0.2) is 0 Å². The minimum absolute atomic E-state index is 0.0266. The van der Waals surface area contributed by atoms with Crippen LogP contribution in [0.1, 0.15) is 38.5 Å². The van der Waals surface area contributed by atoms with E-state index in [1.165, 1.54) is 43.4 Å². The monoisotopic (exact) mass is 265 g/mol. The minimum Gasteiger partial charge on any atom is -0.336 e. The molecule has 3 aliphatic rings. The van der Waals surface area contributed by atoms with Gasteiger partial charge in [0.2, 0.25) is 5.91 Å². The molecule has 1 saturated carbocycles. The zero-order chi connectivity index (χ0) is 13.2. The number of urea groups is 1. The molecule has 0 aromatic carbocycles. The molecule has 2 heterocycles. The molecule has 5 heteroatoms. The van der Waals surface area contributed by atoms with Gasteiger partial charge in [-0.05, 0) is 38.1 Å². The summed E-state index contributed by atoms with van der Waals surface area (Å²) in [5, 5.41) is 2.69. The summed E-state index contributed by atoms with van der Waals surface area (Å²) in [5.74, 6) is 0.754. The average Bonchev–Trinajstić information content (AvgIpc) is 2.85. The number of carbonyl (C=O) groups excluding carboxylic acids is 2. The number of amides is 3. The predicted octanol–water partition coefficient (Wildman–Crippen LogP) is 1.19. The first kappa shape index (κ1) is 12.9. The summed E-state index contributed by atoms with van der Waals surface area (Å²) in [4.78, 5) is 27.4. The van der Waals surface area contributed by atoms with Gasteiger partial charge in [-0.3, -0.25) is 14.6 Å². The topological polar surface area (TPSA) is 52.7 Å². The molecule has 3 rings (SSSR count). The predicted molar refractivity (Wildman–Crippen MR) is 71.7 cm³/mol. The fourth-order valence-corrected chi connectivity index (χ4v) is 3.89. The molecule has 0 unspecified atom stereocenters. The lowest BCUT2D eigenvalue weighted by atomic mass is 9.78. The quantitative estimate of drug-likeness (QED) is 0.816. The van der Waals surface area contributed by atoms with E-state index in [2.05, 4.69) is 10.2 Å². The highest BCUT2D eigenvalue weighted by molar-refractivity contribution is 5.96. The summed E-state index contributed by atoms with van der Waals surface area (Å²) < 4.78 is 0. The molecule has 19 heavy (non-hydrogen) atoms. The number of nitrogens with one attached hydrogen (secondary N) is 1. The normalized spacial score (nSPS) is 32.0. The van der Waals surface area contributed by atoms with Gasteiger partial charge >= 0.3 is 6.03 Å². The van der Waals surface area contributed by atoms with Crippen molar-refractivity contribution >= 4 is 11.9 Å². The van der Waals surface area contributed by atoms with Gasteiger partial charge in [0.25, 0.3) is 0 Å². The summed E-state index contributed by atoms with van der Waals surface area (Å²) in [5.41, 5.74) is 0. The van der Waals surface area contributed by atoms with E-state index in [0.717, 1.165) is 12.5 Å². The molecule has 0 aromatic rings. The van der Waals surface area contributed by atoms with Crippen molar-refractivity contribution in [3.63, 3.8) is 0 Å². The largest absolute Gasteiger partial charge is 0.336 e. The smallest absolute Gasteiger partial charge is 0.324 e. The highest BCUT2D eigenvalue weighted by atomic mass is 16.2. The lowest BCUT2D eigenvalue weighted by molar-refractivity contribution is -0.130. The number of rotatable bonds is 2. The van der Waals surface area contributed by atoms with Crippen LogP contribution in [-0.2, 0) is 4.79 Å². The number of piperidine rings is 1. The zero-order valence-corrected chi connectivity index (χ0v) is 11.4. The van der Waals surface area contributed by atoms with Gasteiger partial charge in [0, 0.05) is 19.1 Å². The number of carbonyl (C=O) groups is 2. The third kappa shape index (κ3) is 2.61. The van der Waals surface area contributed by atoms with Crippen molar-refractivity contribution in [1.29, 1.82) is 0 Å². The Hall–Kier alpha value is -1.10. The van der Waals surface area contributed by atoms with Crippen LogP contribution < -0.4 is 5.32 Å². The van der Waals surface area contributed by atoms with Crippen molar-refractivity contribution in [2.24, 2.45) is 5.92 Å². The first-order chi connectivity index (χ1) is 9.25. The molecule has 1 N–H and O–H groups in total. The molecule has 1 aliphatic carbocycles. The van der Waals surface area contributed by atoms with Gasteiger partial charge in [-0.25, -0.2) is 4.79 Å². The number of hydrogen-bond donors (Lipinski definition) is 1. The molecule has 3 amide bonds. The van der Waals surface area contributed by atoms with E-state index < -0.39 is 0 Å². The van der Waals surface area contributed by atoms with Gasteiger partial charge in [0.05, 0.1) is 6.54 Å². The molecule has 2 aliphatic heterocycles. The summed E-state index contributed by atoms with van der Waals surface area (Å²) in [7, 11) is 0. The number of likely N-dealkylation sites (tertiary alicyclic amines) is 1. The van der Waals surface area contributed by atoms with Gasteiger partial charge < -0.3 is 5.32 Å². The fourth-order valence-electron chi connectivity index (χ4n) is 3.89. The van der Waals surface area contributed by atoms with Crippen molar-refractivity contribution in [1.82, 2.24) is 15.1 Å². The lowest BCUT2D eigenvalue weighted by Gasteiger charge is -2.44. The summed E-state index contributed by atoms with van der Waals surface area (Å²) in [6, 6.07) is 0.360. The summed E-state index contributed by atoms with van der Waals surface area (Å²) >= 11 is 0. The maximum absolute atomic E-state index is 12.2. The Bertz CT molecular complexity index is 370. The molecule has 2 saturated heterocycles. The van der Waals surface area contributed by atoms with Gasteiger partial charge in [-0.15, -0.1) is 0 Å². The molecule has 106 valence electrons. The maximum atomic E-state index is 12.2. The maximum Gasteiger partial charge on any atom is 0.324 e. The Labute approximate surface area is 114 Å². The van der Waals surface area contributed by atoms with E-state index in [4.69, 9.17) is 0 Å². The van der Waals surface area contributed by atoms with E-state index in [0.29, 0.717) is 25.7 Å². The van der Waals surface area contributed by atoms with Crippen LogP contribution in [0.3, 0.4) is 0 Å². The Morgan fingerprint density at radius 1 is 1.16 bits per heavy atom. The number of imide groups is 1. The van der Waals surface area contributed by atoms with Crippen LogP contribution in [0.4, 0.5) is 4.79 Å². The van der Waals surface area contributed by atoms with Crippen LogP contribution in [0, 0.1) is 5.92 Å². The molecule has 0 bridgehead atoms. The Morgan fingerprint density at radius 3 is 2.74 bits per heavy atom. The SMILES string of the molecule is O=C(CN1CCC[C@@H]2CCCC[C@@H]21)N1CCNC1=O. The highest BCUT2D eigenvalue weighted by Gasteiger charge is 2.35. The third-order valence-electron chi connectivity index (χ3n) is 4.85. The van der Waals surface area contributed by atoms with E-state index in [9.17, 15) is 9.59 Å². The standard InChI is InChI=1S/C14H23N3O2/c18-13(17-9-7-15-14(17)19)10-16-8-3-5-11-4-1-2-6-12(11)16/h11-12H,1-10H2,(H,15,19)/t11-,12-/m0/s1. The van der Waals surface area contributed by atoms with Crippen molar-refractivity contribution < 1.29 is 9.59 Å². The van der Waals surface area contributed by atoms with E-state index >= 15 is 0 Å². The first-order valence-electron chi connectivity index (χ1n) is 7.58. The van der Waals surface area contributed by atoms with Gasteiger partial charge in [0.1, 0.15) is 0 Å². The number of hydrogen-bond acceptors (Lipinski definition) is 3. The zero-order valence-electron chi connectivity index (χ0n) is 11.4. The van der Waals surface area contributed by atoms with Crippen molar-refractivity contribution in [3.05, 3.63) is 0 Å². The molecule has 0 spiro atoms. The first-order valence-corrected chi connectivity index (χ1v) is 7.58. The van der Waals surface area contributed by atoms with Crippen molar-refractivity contribution in [2.45, 2.75) is 44.6 Å². The molecule has 0 aromatic heterocycles. The molecule has 5 nitrogen and oxygen atoms in total. The Balaban J connectivity index is 1.61. The van der Waals surface area contributed by atoms with Crippen LogP contribution in [0.5, 0.6) is 0 Å². The minimum atomic E-state index is -0.220. The fraction of sp³-hybridized carbons (Fsp3) is 0.857. The Kier molecular flexibility index (Phi) is 3.73. The van der Waals surface area contributed by atoms with Crippen molar-refractivity contribution in [2.75, 3.05) is 26.2 Å². The number of fused-ring (bicyclic) bond motifs is 1. The van der Waals surface area contributed by atoms with E-state index in [1.54, 1.807) is 0 Å². The van der Waals surface area contributed by atoms with E-state index in [-0.39, 0.29) is 11.9 Å². The second-order valence-corrected chi connectivity index (χ2v) is 6.00.